The van der Waals surface area contributed by atoms with E-state index in [0.29, 0.717) is 6.04 Å². The van der Waals surface area contributed by atoms with Gasteiger partial charge in [0, 0.05) is 12.6 Å². The van der Waals surface area contributed by atoms with Crippen LogP contribution in [0.1, 0.15) is 31.2 Å². The molecule has 1 heterocycles. The quantitative estimate of drug-likeness (QED) is 0.842. The highest BCUT2D eigenvalue weighted by Crippen LogP contribution is 2.32. The van der Waals surface area contributed by atoms with Gasteiger partial charge in [0.15, 0.2) is 0 Å². The molecule has 106 valence electrons. The summed E-state index contributed by atoms with van der Waals surface area (Å²) < 4.78 is 5.24. The second-order valence-electron chi connectivity index (χ2n) is 5.61. The third kappa shape index (κ3) is 2.58. The normalized spacial score (nSPS) is 21.6. The zero-order valence-corrected chi connectivity index (χ0v) is 12.0. The van der Waals surface area contributed by atoms with E-state index in [1.54, 1.807) is 7.11 Å². The molecule has 0 aromatic heterocycles. The first-order valence-corrected chi connectivity index (χ1v) is 7.42. The van der Waals surface area contributed by atoms with E-state index in [1.807, 2.05) is 23.1 Å². The predicted molar refractivity (Wildman–Crippen MR) is 78.8 cm³/mol. The fourth-order valence-corrected chi connectivity index (χ4v) is 3.28. The summed E-state index contributed by atoms with van der Waals surface area (Å²) in [5.74, 6) is 1.08. The van der Waals surface area contributed by atoms with Crippen molar-refractivity contribution in [3.63, 3.8) is 0 Å². The lowest BCUT2D eigenvalue weighted by Gasteiger charge is -2.30. The van der Waals surface area contributed by atoms with Crippen LogP contribution in [0.3, 0.4) is 0 Å². The Morgan fingerprint density at radius 3 is 3.10 bits per heavy atom. The van der Waals surface area contributed by atoms with Crippen LogP contribution in [0.25, 0.3) is 0 Å². The average molecular weight is 271 g/mol. The van der Waals surface area contributed by atoms with Crippen molar-refractivity contribution in [2.24, 2.45) is 0 Å². The van der Waals surface area contributed by atoms with Crippen LogP contribution in [0.2, 0.25) is 0 Å². The first-order chi connectivity index (χ1) is 9.78. The standard InChI is InChI=1S/C17H21NO2/c1-20-15-7-4-5-13(11-15)9-10-18-16-8-3-2-6-14(16)12-17(18)19/h4-5,7,11-12,16H,2-3,6,8-10H2,1H3. The number of carbonyl (C=O) groups is 1. The molecule has 2 aliphatic rings. The van der Waals surface area contributed by atoms with Gasteiger partial charge in [-0.1, -0.05) is 18.6 Å². The van der Waals surface area contributed by atoms with E-state index in [-0.39, 0.29) is 5.91 Å². The van der Waals surface area contributed by atoms with Crippen LogP contribution in [-0.2, 0) is 11.2 Å². The summed E-state index contributed by atoms with van der Waals surface area (Å²) in [5, 5.41) is 0. The third-order valence-corrected chi connectivity index (χ3v) is 4.36. The van der Waals surface area contributed by atoms with Crippen LogP contribution in [0.5, 0.6) is 5.75 Å². The average Bonchev–Trinajstić information content (AvgIpc) is 2.81. The predicted octanol–water partition coefficient (Wildman–Crippen LogP) is 2.95. The number of amides is 1. The van der Waals surface area contributed by atoms with Crippen molar-refractivity contribution in [2.45, 2.75) is 38.1 Å². The van der Waals surface area contributed by atoms with E-state index in [4.69, 9.17) is 4.74 Å². The lowest BCUT2D eigenvalue weighted by atomic mass is 9.91. The fraction of sp³-hybridized carbons (Fsp3) is 0.471. The first kappa shape index (κ1) is 13.2. The highest BCUT2D eigenvalue weighted by atomic mass is 16.5. The van der Waals surface area contributed by atoms with E-state index in [9.17, 15) is 4.79 Å². The lowest BCUT2D eigenvalue weighted by Crippen LogP contribution is -2.37. The van der Waals surface area contributed by atoms with Gasteiger partial charge < -0.3 is 9.64 Å². The molecule has 3 rings (SSSR count). The van der Waals surface area contributed by atoms with Gasteiger partial charge in [-0.25, -0.2) is 0 Å². The zero-order valence-electron chi connectivity index (χ0n) is 12.0. The molecule has 0 bridgehead atoms. The van der Waals surface area contributed by atoms with E-state index in [1.165, 1.54) is 24.0 Å². The van der Waals surface area contributed by atoms with Crippen molar-refractivity contribution in [3.8, 4) is 5.75 Å². The van der Waals surface area contributed by atoms with Crippen molar-refractivity contribution in [1.29, 1.82) is 0 Å². The maximum Gasteiger partial charge on any atom is 0.247 e. The summed E-state index contributed by atoms with van der Waals surface area (Å²) in [7, 11) is 1.68. The molecule has 1 aromatic rings. The van der Waals surface area contributed by atoms with Crippen LogP contribution < -0.4 is 4.74 Å². The Hall–Kier alpha value is -1.77. The minimum atomic E-state index is 0.204. The van der Waals surface area contributed by atoms with Crippen molar-refractivity contribution in [2.75, 3.05) is 13.7 Å². The SMILES string of the molecule is COc1cccc(CCN2C(=O)C=C3CCCCC32)c1. The van der Waals surface area contributed by atoms with E-state index in [0.717, 1.165) is 31.6 Å². The Morgan fingerprint density at radius 2 is 2.25 bits per heavy atom. The number of hydrogen-bond donors (Lipinski definition) is 0. The first-order valence-electron chi connectivity index (χ1n) is 7.42. The Morgan fingerprint density at radius 1 is 1.35 bits per heavy atom. The molecule has 0 saturated heterocycles. The summed E-state index contributed by atoms with van der Waals surface area (Å²) in [5.41, 5.74) is 2.58. The van der Waals surface area contributed by atoms with Gasteiger partial charge in [0.05, 0.1) is 13.2 Å². The van der Waals surface area contributed by atoms with E-state index < -0.39 is 0 Å². The summed E-state index contributed by atoms with van der Waals surface area (Å²) in [4.78, 5) is 14.2. The van der Waals surface area contributed by atoms with Crippen LogP contribution in [0, 0.1) is 0 Å². The molecule has 1 fully saturated rings. The Bertz CT molecular complexity index is 536. The molecule has 0 spiro atoms. The summed E-state index contributed by atoms with van der Waals surface area (Å²) in [6, 6.07) is 8.48. The molecule has 20 heavy (non-hydrogen) atoms. The smallest absolute Gasteiger partial charge is 0.247 e. The second-order valence-corrected chi connectivity index (χ2v) is 5.61. The minimum Gasteiger partial charge on any atom is -0.497 e. The third-order valence-electron chi connectivity index (χ3n) is 4.36. The topological polar surface area (TPSA) is 29.5 Å². The van der Waals surface area contributed by atoms with Gasteiger partial charge in [-0.15, -0.1) is 0 Å². The van der Waals surface area contributed by atoms with Crippen molar-refractivity contribution >= 4 is 5.91 Å². The highest BCUT2D eigenvalue weighted by molar-refractivity contribution is 5.92. The van der Waals surface area contributed by atoms with Gasteiger partial charge in [-0.05, 0) is 49.0 Å². The summed E-state index contributed by atoms with van der Waals surface area (Å²) in [6.07, 6.45) is 7.47. The second kappa shape index (κ2) is 5.70. The number of rotatable bonds is 4. The summed E-state index contributed by atoms with van der Waals surface area (Å²) in [6.45, 7) is 0.802. The maximum absolute atomic E-state index is 12.1. The van der Waals surface area contributed by atoms with Crippen molar-refractivity contribution in [1.82, 2.24) is 4.90 Å². The number of benzene rings is 1. The molecular formula is C17H21NO2. The molecule has 1 unspecified atom stereocenters. The van der Waals surface area contributed by atoms with Crippen LogP contribution in [0.15, 0.2) is 35.9 Å². The highest BCUT2D eigenvalue weighted by Gasteiger charge is 2.33. The fourth-order valence-electron chi connectivity index (χ4n) is 3.28. The van der Waals surface area contributed by atoms with Crippen molar-refractivity contribution < 1.29 is 9.53 Å². The Labute approximate surface area is 120 Å². The molecular weight excluding hydrogens is 250 g/mol. The molecule has 3 nitrogen and oxygen atoms in total. The Balaban J connectivity index is 1.64. The molecule has 1 saturated carbocycles. The molecule has 1 aliphatic carbocycles. The monoisotopic (exact) mass is 271 g/mol. The molecule has 1 aliphatic heterocycles. The number of ether oxygens (including phenoxy) is 1. The van der Waals surface area contributed by atoms with Crippen LogP contribution in [0.4, 0.5) is 0 Å². The largest absolute Gasteiger partial charge is 0.497 e. The number of fused-ring (bicyclic) bond motifs is 1. The Kier molecular flexibility index (Phi) is 3.77. The number of carbonyl (C=O) groups excluding carboxylic acids is 1. The lowest BCUT2D eigenvalue weighted by molar-refractivity contribution is -0.126. The van der Waals surface area contributed by atoms with Gasteiger partial charge in [-0.3, -0.25) is 4.79 Å². The van der Waals surface area contributed by atoms with E-state index in [2.05, 4.69) is 12.1 Å². The van der Waals surface area contributed by atoms with Crippen molar-refractivity contribution in [3.05, 3.63) is 41.5 Å². The van der Waals surface area contributed by atoms with Gasteiger partial charge in [-0.2, -0.15) is 0 Å². The molecule has 1 aromatic carbocycles. The van der Waals surface area contributed by atoms with Gasteiger partial charge in [0.1, 0.15) is 5.75 Å². The number of hydrogen-bond acceptors (Lipinski definition) is 2. The van der Waals surface area contributed by atoms with E-state index >= 15 is 0 Å². The number of methoxy groups -OCH3 is 1. The zero-order chi connectivity index (χ0) is 13.9. The minimum absolute atomic E-state index is 0.204. The molecule has 1 amide bonds. The molecule has 0 radical (unpaired) electrons. The number of nitrogens with zero attached hydrogens (tertiary/aromatic N) is 1. The summed E-state index contributed by atoms with van der Waals surface area (Å²) >= 11 is 0. The van der Waals surface area contributed by atoms with Gasteiger partial charge >= 0.3 is 0 Å². The maximum atomic E-state index is 12.1. The van der Waals surface area contributed by atoms with Gasteiger partial charge in [0.25, 0.3) is 0 Å². The van der Waals surface area contributed by atoms with Crippen LogP contribution in [-0.4, -0.2) is 30.5 Å². The molecule has 1 atom stereocenters. The molecule has 3 heteroatoms. The van der Waals surface area contributed by atoms with Crippen LogP contribution >= 0.6 is 0 Å². The van der Waals surface area contributed by atoms with Gasteiger partial charge in [0.2, 0.25) is 5.91 Å². The molecule has 0 N–H and O–H groups in total.